The number of benzene rings is 1. The molecule has 0 radical (unpaired) electrons. The number of amides is 2. The summed E-state index contributed by atoms with van der Waals surface area (Å²) in [6.07, 6.45) is 4.71. The van der Waals surface area contributed by atoms with Gasteiger partial charge in [-0.25, -0.2) is 9.18 Å². The fraction of sp³-hybridized carbons (Fsp3) is 0.611. The van der Waals surface area contributed by atoms with Gasteiger partial charge in [0.1, 0.15) is 17.7 Å². The molecule has 1 saturated carbocycles. The highest BCUT2D eigenvalue weighted by Gasteiger charge is 2.38. The van der Waals surface area contributed by atoms with Crippen molar-refractivity contribution in [2.24, 2.45) is 0 Å². The number of hydrogen-bond acceptors (Lipinski definition) is 3. The largest absolute Gasteiger partial charge is 0.487 e. The zero-order chi connectivity index (χ0) is 17.2. The van der Waals surface area contributed by atoms with Gasteiger partial charge in [0.05, 0.1) is 13.1 Å². The average molecular weight is 335 g/mol. The highest BCUT2D eigenvalue weighted by molar-refractivity contribution is 5.75. The smallest absolute Gasteiger partial charge is 0.317 e. The summed E-state index contributed by atoms with van der Waals surface area (Å²) in [6, 6.07) is 5.95. The van der Waals surface area contributed by atoms with Gasteiger partial charge in [-0.1, -0.05) is 12.8 Å². The van der Waals surface area contributed by atoms with Crippen LogP contribution in [-0.4, -0.2) is 61.2 Å². The lowest BCUT2D eigenvalue weighted by Gasteiger charge is -2.41. The lowest BCUT2D eigenvalue weighted by Crippen LogP contribution is -2.61. The fourth-order valence-corrected chi connectivity index (χ4v) is 3.55. The Labute approximate surface area is 142 Å². The highest BCUT2D eigenvalue weighted by atomic mass is 19.1. The van der Waals surface area contributed by atoms with Crippen LogP contribution in [0.15, 0.2) is 24.3 Å². The molecule has 0 spiro atoms. The van der Waals surface area contributed by atoms with E-state index in [0.717, 1.165) is 12.8 Å². The molecule has 1 aliphatic heterocycles. The van der Waals surface area contributed by atoms with Crippen molar-refractivity contribution < 1.29 is 13.9 Å². The molecule has 0 bridgehead atoms. The number of rotatable bonds is 5. The number of hydrogen-bond donors (Lipinski definition) is 1. The number of carbonyl (C=O) groups is 1. The van der Waals surface area contributed by atoms with Crippen LogP contribution in [0.25, 0.3) is 0 Å². The highest BCUT2D eigenvalue weighted by Crippen LogP contribution is 2.33. The summed E-state index contributed by atoms with van der Waals surface area (Å²) in [6.45, 7) is 1.83. The van der Waals surface area contributed by atoms with Crippen LogP contribution in [0.2, 0.25) is 0 Å². The molecule has 0 atom stereocenters. The van der Waals surface area contributed by atoms with Crippen LogP contribution in [0, 0.1) is 5.82 Å². The maximum atomic E-state index is 12.9. The molecule has 2 fully saturated rings. The summed E-state index contributed by atoms with van der Waals surface area (Å²) in [5.41, 5.74) is 0.102. The second-order valence-electron chi connectivity index (χ2n) is 7.08. The lowest BCUT2D eigenvalue weighted by molar-refractivity contribution is 0.0424. The van der Waals surface area contributed by atoms with Crippen molar-refractivity contribution >= 4 is 6.03 Å². The van der Waals surface area contributed by atoms with Gasteiger partial charge >= 0.3 is 6.03 Å². The van der Waals surface area contributed by atoms with Gasteiger partial charge in [-0.3, -0.25) is 0 Å². The van der Waals surface area contributed by atoms with E-state index in [1.807, 2.05) is 0 Å². The Morgan fingerprint density at radius 3 is 2.50 bits per heavy atom. The van der Waals surface area contributed by atoms with Gasteiger partial charge in [0.25, 0.3) is 0 Å². The zero-order valence-corrected chi connectivity index (χ0v) is 14.4. The number of carbonyl (C=O) groups excluding carboxylic acids is 1. The van der Waals surface area contributed by atoms with Crippen LogP contribution in [0.4, 0.5) is 9.18 Å². The second kappa shape index (κ2) is 6.97. The molecule has 2 amide bonds. The van der Waals surface area contributed by atoms with Crippen molar-refractivity contribution in [3.05, 3.63) is 30.1 Å². The number of likely N-dealkylation sites (N-methyl/N-ethyl adjacent to an activating group) is 1. The van der Waals surface area contributed by atoms with Crippen LogP contribution in [0.1, 0.15) is 25.7 Å². The molecular weight excluding hydrogens is 309 g/mol. The van der Waals surface area contributed by atoms with E-state index in [9.17, 15) is 9.18 Å². The molecule has 2 aliphatic rings. The van der Waals surface area contributed by atoms with Gasteiger partial charge in [0.15, 0.2) is 0 Å². The normalized spacial score (nSPS) is 20.1. The number of likely N-dealkylation sites (tertiary alicyclic amines) is 1. The molecule has 3 rings (SSSR count). The third-order valence-corrected chi connectivity index (χ3v) is 5.30. The molecule has 1 saturated heterocycles. The third-order valence-electron chi connectivity index (χ3n) is 5.30. The van der Waals surface area contributed by atoms with Crippen LogP contribution in [0.5, 0.6) is 5.75 Å². The van der Waals surface area contributed by atoms with E-state index in [2.05, 4.69) is 24.3 Å². The predicted octanol–water partition coefficient (Wildman–Crippen LogP) is 2.47. The molecule has 1 aliphatic carbocycles. The van der Waals surface area contributed by atoms with Gasteiger partial charge in [-0.05, 0) is 51.2 Å². The van der Waals surface area contributed by atoms with Gasteiger partial charge in [-0.15, -0.1) is 0 Å². The van der Waals surface area contributed by atoms with Gasteiger partial charge in [0.2, 0.25) is 0 Å². The van der Waals surface area contributed by atoms with E-state index in [4.69, 9.17) is 4.74 Å². The molecule has 6 heteroatoms. The van der Waals surface area contributed by atoms with E-state index in [1.54, 1.807) is 17.0 Å². The third kappa shape index (κ3) is 3.64. The first-order valence-corrected chi connectivity index (χ1v) is 8.61. The summed E-state index contributed by atoms with van der Waals surface area (Å²) >= 11 is 0. The number of nitrogens with one attached hydrogen (secondary N) is 1. The standard InChI is InChI=1S/C18H26FN3O2/c1-21(2)18(9-3-4-10-18)13-20-17(23)22-11-16(12-22)24-15-7-5-14(19)6-8-15/h5-8,16H,3-4,9-13H2,1-2H3,(H,20,23). The molecule has 1 N–H and O–H groups in total. The van der Waals surface area contributed by atoms with Crippen molar-refractivity contribution in [1.82, 2.24) is 15.1 Å². The van der Waals surface area contributed by atoms with Crippen LogP contribution in [0.3, 0.4) is 0 Å². The summed E-state index contributed by atoms with van der Waals surface area (Å²) < 4.78 is 18.6. The lowest BCUT2D eigenvalue weighted by atomic mass is 9.96. The maximum absolute atomic E-state index is 12.9. The number of urea groups is 1. The summed E-state index contributed by atoms with van der Waals surface area (Å²) in [5, 5.41) is 3.08. The Morgan fingerprint density at radius 2 is 1.92 bits per heavy atom. The quantitative estimate of drug-likeness (QED) is 0.899. The molecule has 132 valence electrons. The Hall–Kier alpha value is -1.82. The van der Waals surface area contributed by atoms with E-state index >= 15 is 0 Å². The van der Waals surface area contributed by atoms with Gasteiger partial charge in [0, 0.05) is 12.1 Å². The first kappa shape index (κ1) is 17.0. The molecule has 24 heavy (non-hydrogen) atoms. The van der Waals surface area contributed by atoms with Crippen molar-refractivity contribution in [3.8, 4) is 5.75 Å². The van der Waals surface area contributed by atoms with Crippen molar-refractivity contribution in [2.75, 3.05) is 33.7 Å². The monoisotopic (exact) mass is 335 g/mol. The number of ether oxygens (including phenoxy) is 1. The molecular formula is C18H26FN3O2. The van der Waals surface area contributed by atoms with E-state index < -0.39 is 0 Å². The summed E-state index contributed by atoms with van der Waals surface area (Å²) in [5.74, 6) is 0.359. The minimum absolute atomic E-state index is 0.0181. The van der Waals surface area contributed by atoms with Crippen molar-refractivity contribution in [3.63, 3.8) is 0 Å². The SMILES string of the molecule is CN(C)C1(CNC(=O)N2CC(Oc3ccc(F)cc3)C2)CCCC1. The average Bonchev–Trinajstić information content (AvgIpc) is 3.00. The topological polar surface area (TPSA) is 44.8 Å². The van der Waals surface area contributed by atoms with Crippen LogP contribution in [-0.2, 0) is 0 Å². The molecule has 1 heterocycles. The van der Waals surface area contributed by atoms with E-state index in [0.29, 0.717) is 25.4 Å². The van der Waals surface area contributed by atoms with E-state index in [-0.39, 0.29) is 23.5 Å². The van der Waals surface area contributed by atoms with Crippen LogP contribution < -0.4 is 10.1 Å². The summed E-state index contributed by atoms with van der Waals surface area (Å²) in [7, 11) is 4.18. The molecule has 0 unspecified atom stereocenters. The number of halogens is 1. The molecule has 5 nitrogen and oxygen atoms in total. The van der Waals surface area contributed by atoms with Crippen LogP contribution >= 0.6 is 0 Å². The Bertz CT molecular complexity index is 564. The van der Waals surface area contributed by atoms with Gasteiger partial charge in [-0.2, -0.15) is 0 Å². The first-order valence-electron chi connectivity index (χ1n) is 8.61. The maximum Gasteiger partial charge on any atom is 0.317 e. The molecule has 1 aromatic carbocycles. The summed E-state index contributed by atoms with van der Waals surface area (Å²) in [4.78, 5) is 16.3. The predicted molar refractivity (Wildman–Crippen MR) is 90.7 cm³/mol. The second-order valence-corrected chi connectivity index (χ2v) is 7.08. The zero-order valence-electron chi connectivity index (χ0n) is 14.4. The Kier molecular flexibility index (Phi) is 4.94. The van der Waals surface area contributed by atoms with Crippen molar-refractivity contribution in [2.45, 2.75) is 37.3 Å². The molecule has 1 aromatic rings. The fourth-order valence-electron chi connectivity index (χ4n) is 3.55. The minimum atomic E-state index is -0.279. The minimum Gasteiger partial charge on any atom is -0.487 e. The Morgan fingerprint density at radius 1 is 1.29 bits per heavy atom. The van der Waals surface area contributed by atoms with Crippen molar-refractivity contribution in [1.29, 1.82) is 0 Å². The number of nitrogens with zero attached hydrogens (tertiary/aromatic N) is 2. The van der Waals surface area contributed by atoms with E-state index in [1.165, 1.54) is 25.0 Å². The molecule has 0 aromatic heterocycles. The Balaban J connectivity index is 1.42. The van der Waals surface area contributed by atoms with Gasteiger partial charge < -0.3 is 19.9 Å². The first-order chi connectivity index (χ1) is 11.5.